The van der Waals surface area contributed by atoms with E-state index in [1.54, 1.807) is 11.8 Å². The Balaban J connectivity index is 1.34. The second kappa shape index (κ2) is 14.2. The van der Waals surface area contributed by atoms with Crippen molar-refractivity contribution < 1.29 is 14.6 Å². The van der Waals surface area contributed by atoms with Crippen molar-refractivity contribution in [1.82, 2.24) is 4.98 Å². The number of ether oxygens (including phenoxy) is 1. The number of aliphatic hydroxyl groups is 1. The number of fused-ring (bicyclic) bond motifs is 1. The summed E-state index contributed by atoms with van der Waals surface area (Å²) in [6.45, 7) is 2.16. The van der Waals surface area contributed by atoms with Crippen molar-refractivity contribution in [3.63, 3.8) is 0 Å². The van der Waals surface area contributed by atoms with Crippen LogP contribution in [-0.4, -0.2) is 34.4 Å². The van der Waals surface area contributed by atoms with Crippen LogP contribution in [0.2, 0.25) is 5.02 Å². The summed E-state index contributed by atoms with van der Waals surface area (Å²) in [7, 11) is 0. The Kier molecular flexibility index (Phi) is 10.2. The van der Waals surface area contributed by atoms with Gasteiger partial charge in [0.1, 0.15) is 5.94 Å². The molecule has 1 saturated carbocycles. The standard InChI is InChI=1S/C35H36ClNO3S/c1-24(22-38)31-7-2-3-8-33(31)32(17-18-41-23-40-35(39)20-26-9-10-26)28-6-4-5-25(19-28)11-15-30-16-13-27-12-14-29(36)21-34(27)37-30/h2-8,11-16,19,21,24,26,32,38H,9-10,17-18,20,22-23H2,1H3/b15-11+. The Morgan fingerprint density at radius 2 is 1.85 bits per heavy atom. The van der Waals surface area contributed by atoms with Crippen LogP contribution in [0, 0.1) is 5.92 Å². The van der Waals surface area contributed by atoms with Crippen LogP contribution in [0.5, 0.6) is 0 Å². The molecule has 0 radical (unpaired) electrons. The third kappa shape index (κ3) is 8.22. The van der Waals surface area contributed by atoms with Crippen molar-refractivity contribution in [2.75, 3.05) is 18.3 Å². The number of esters is 1. The van der Waals surface area contributed by atoms with Gasteiger partial charge in [0.05, 0.1) is 11.2 Å². The summed E-state index contributed by atoms with van der Waals surface area (Å²) in [4.78, 5) is 16.7. The number of aliphatic hydroxyl groups excluding tert-OH is 1. The molecule has 1 N–H and O–H groups in total. The molecule has 4 nitrogen and oxygen atoms in total. The van der Waals surface area contributed by atoms with Gasteiger partial charge < -0.3 is 9.84 Å². The van der Waals surface area contributed by atoms with Crippen LogP contribution in [0.25, 0.3) is 23.1 Å². The van der Waals surface area contributed by atoms with E-state index in [4.69, 9.17) is 21.3 Å². The average Bonchev–Trinajstić information content (AvgIpc) is 3.81. The van der Waals surface area contributed by atoms with Crippen molar-refractivity contribution in [3.05, 3.63) is 112 Å². The van der Waals surface area contributed by atoms with Gasteiger partial charge in [-0.2, -0.15) is 0 Å². The summed E-state index contributed by atoms with van der Waals surface area (Å²) in [5.74, 6) is 1.89. The molecule has 3 aromatic carbocycles. The van der Waals surface area contributed by atoms with Crippen molar-refractivity contribution in [2.45, 2.75) is 44.4 Å². The summed E-state index contributed by atoms with van der Waals surface area (Å²) in [5, 5.41) is 11.7. The fourth-order valence-electron chi connectivity index (χ4n) is 5.12. The number of rotatable bonds is 13. The summed E-state index contributed by atoms with van der Waals surface area (Å²) in [6.07, 6.45) is 7.87. The Labute approximate surface area is 251 Å². The number of carbonyl (C=O) groups is 1. The molecule has 1 fully saturated rings. The van der Waals surface area contributed by atoms with Crippen molar-refractivity contribution in [3.8, 4) is 0 Å². The molecular weight excluding hydrogens is 550 g/mol. The first kappa shape index (κ1) is 29.4. The zero-order chi connectivity index (χ0) is 28.6. The number of halogens is 1. The van der Waals surface area contributed by atoms with Gasteiger partial charge in [-0.25, -0.2) is 4.98 Å². The van der Waals surface area contributed by atoms with E-state index in [1.165, 1.54) is 16.7 Å². The Morgan fingerprint density at radius 1 is 1.05 bits per heavy atom. The molecule has 1 aliphatic carbocycles. The highest BCUT2D eigenvalue weighted by Gasteiger charge is 2.25. The number of hydrogen-bond donors (Lipinski definition) is 1. The smallest absolute Gasteiger partial charge is 0.306 e. The lowest BCUT2D eigenvalue weighted by atomic mass is 9.82. The zero-order valence-electron chi connectivity index (χ0n) is 23.3. The first-order chi connectivity index (χ1) is 20.0. The first-order valence-corrected chi connectivity index (χ1v) is 15.8. The minimum Gasteiger partial charge on any atom is -0.455 e. The third-order valence-electron chi connectivity index (χ3n) is 7.62. The van der Waals surface area contributed by atoms with Gasteiger partial charge >= 0.3 is 5.97 Å². The van der Waals surface area contributed by atoms with Crippen LogP contribution < -0.4 is 0 Å². The van der Waals surface area contributed by atoms with Gasteiger partial charge in [0.2, 0.25) is 0 Å². The number of aromatic nitrogens is 1. The maximum Gasteiger partial charge on any atom is 0.306 e. The zero-order valence-corrected chi connectivity index (χ0v) is 24.9. The first-order valence-electron chi connectivity index (χ1n) is 14.3. The van der Waals surface area contributed by atoms with Gasteiger partial charge in [-0.05, 0) is 77.5 Å². The number of carbonyl (C=O) groups excluding carboxylic acids is 1. The quantitative estimate of drug-likeness (QED) is 0.0965. The topological polar surface area (TPSA) is 59.4 Å². The molecule has 5 rings (SSSR count). The summed E-state index contributed by atoms with van der Waals surface area (Å²) >= 11 is 7.83. The highest BCUT2D eigenvalue weighted by molar-refractivity contribution is 7.99. The molecule has 41 heavy (non-hydrogen) atoms. The lowest BCUT2D eigenvalue weighted by molar-refractivity contribution is -0.141. The normalized spacial score (nSPS) is 14.8. The van der Waals surface area contributed by atoms with Crippen LogP contribution in [0.3, 0.4) is 0 Å². The van der Waals surface area contributed by atoms with E-state index >= 15 is 0 Å². The van der Waals surface area contributed by atoms with Crippen LogP contribution in [0.15, 0.2) is 78.9 Å². The van der Waals surface area contributed by atoms with Crippen LogP contribution in [0.4, 0.5) is 0 Å². The molecule has 1 heterocycles. The van der Waals surface area contributed by atoms with E-state index in [0.717, 1.165) is 47.2 Å². The van der Waals surface area contributed by atoms with Crippen LogP contribution >= 0.6 is 23.4 Å². The van der Waals surface area contributed by atoms with Gasteiger partial charge in [-0.15, -0.1) is 11.8 Å². The summed E-state index contributed by atoms with van der Waals surface area (Å²) in [6, 6.07) is 26.8. The number of nitrogens with zero attached hydrogens (tertiary/aromatic N) is 1. The van der Waals surface area contributed by atoms with Crippen molar-refractivity contribution >= 4 is 52.4 Å². The average molecular weight is 586 g/mol. The van der Waals surface area contributed by atoms with Gasteiger partial charge in [0.25, 0.3) is 0 Å². The largest absolute Gasteiger partial charge is 0.455 e. The molecule has 0 spiro atoms. The molecule has 0 amide bonds. The molecule has 2 unspecified atom stereocenters. The molecule has 212 valence electrons. The predicted molar refractivity (Wildman–Crippen MR) is 171 cm³/mol. The minimum atomic E-state index is -0.0813. The molecule has 6 heteroatoms. The number of hydrogen-bond acceptors (Lipinski definition) is 5. The predicted octanol–water partition coefficient (Wildman–Crippen LogP) is 8.71. The monoisotopic (exact) mass is 585 g/mol. The number of pyridine rings is 1. The molecule has 4 aromatic rings. The van der Waals surface area contributed by atoms with Crippen molar-refractivity contribution in [1.29, 1.82) is 0 Å². The van der Waals surface area contributed by atoms with Gasteiger partial charge in [-0.1, -0.05) is 85.3 Å². The maximum atomic E-state index is 12.0. The van der Waals surface area contributed by atoms with E-state index in [9.17, 15) is 9.90 Å². The van der Waals surface area contributed by atoms with E-state index in [0.29, 0.717) is 23.3 Å². The highest BCUT2D eigenvalue weighted by atomic mass is 35.5. The lowest BCUT2D eigenvalue weighted by Gasteiger charge is -2.24. The number of thioether (sulfide) groups is 1. The minimum absolute atomic E-state index is 0.0419. The molecule has 1 aromatic heterocycles. The Bertz CT molecular complexity index is 1520. The second-order valence-electron chi connectivity index (χ2n) is 10.8. The fourth-order valence-corrected chi connectivity index (χ4v) is 6.02. The van der Waals surface area contributed by atoms with E-state index in [1.807, 2.05) is 36.4 Å². The molecule has 2 atom stereocenters. The van der Waals surface area contributed by atoms with Crippen molar-refractivity contribution in [2.24, 2.45) is 5.92 Å². The maximum absolute atomic E-state index is 12.0. The second-order valence-corrected chi connectivity index (χ2v) is 12.3. The highest BCUT2D eigenvalue weighted by Crippen LogP contribution is 2.36. The fraction of sp³-hybridized carbons (Fsp3) is 0.314. The molecule has 0 saturated heterocycles. The number of benzene rings is 3. The molecule has 0 bridgehead atoms. The van der Waals surface area contributed by atoms with Gasteiger partial charge in [0, 0.05) is 35.3 Å². The van der Waals surface area contributed by atoms with E-state index < -0.39 is 0 Å². The lowest BCUT2D eigenvalue weighted by Crippen LogP contribution is -2.10. The van der Waals surface area contributed by atoms with Crippen LogP contribution in [-0.2, 0) is 9.53 Å². The van der Waals surface area contributed by atoms with E-state index in [2.05, 4.69) is 61.5 Å². The third-order valence-corrected chi connectivity index (χ3v) is 8.66. The summed E-state index contributed by atoms with van der Waals surface area (Å²) < 4.78 is 5.46. The molecule has 1 aliphatic rings. The van der Waals surface area contributed by atoms with E-state index in [-0.39, 0.29) is 24.4 Å². The molecular formula is C35H36ClNO3S. The molecule has 0 aliphatic heterocycles. The van der Waals surface area contributed by atoms with Crippen LogP contribution in [0.1, 0.15) is 72.4 Å². The SMILES string of the molecule is CC(CO)c1ccccc1C(CCSCOC(=O)CC1CC1)c1cccc(/C=C/c2ccc3ccc(Cl)cc3n2)c1. The Morgan fingerprint density at radius 3 is 2.66 bits per heavy atom. The van der Waals surface area contributed by atoms with Gasteiger partial charge in [0.15, 0.2) is 0 Å². The van der Waals surface area contributed by atoms with Gasteiger partial charge in [-0.3, -0.25) is 4.79 Å². The Hall–Kier alpha value is -3.12. The summed E-state index contributed by atoms with van der Waals surface area (Å²) in [5.41, 5.74) is 6.45.